The zero-order valence-electron chi connectivity index (χ0n) is 8.59. The average molecular weight is 200 g/mol. The molecule has 2 aromatic rings. The fraction of sp³-hybridized carbons (Fsp3) is 0.364. The zero-order chi connectivity index (χ0) is 10.3. The minimum Gasteiger partial charge on any atom is -0.331 e. The third-order valence-corrected chi connectivity index (χ3v) is 2.82. The Bertz CT molecular complexity index is 471. The van der Waals surface area contributed by atoms with Crippen LogP contribution in [-0.4, -0.2) is 19.5 Å². The summed E-state index contributed by atoms with van der Waals surface area (Å²) in [4.78, 5) is 12.5. The average Bonchev–Trinajstić information content (AvgIpc) is 3.04. The molecule has 1 saturated carbocycles. The molecular formula is C11H12N4. The number of aromatic nitrogens is 4. The first kappa shape index (κ1) is 8.59. The zero-order valence-corrected chi connectivity index (χ0v) is 8.59. The van der Waals surface area contributed by atoms with Gasteiger partial charge in [-0.15, -0.1) is 0 Å². The summed E-state index contributed by atoms with van der Waals surface area (Å²) in [5, 5.41) is 0. The topological polar surface area (TPSA) is 43.6 Å². The Morgan fingerprint density at radius 3 is 2.60 bits per heavy atom. The van der Waals surface area contributed by atoms with Crippen LogP contribution in [0.25, 0.3) is 11.3 Å². The molecule has 15 heavy (non-hydrogen) atoms. The largest absolute Gasteiger partial charge is 0.331 e. The lowest BCUT2D eigenvalue weighted by Crippen LogP contribution is -1.98. The second kappa shape index (κ2) is 3.15. The highest BCUT2D eigenvalue weighted by atomic mass is 15.1. The minimum absolute atomic E-state index is 0.674. The molecule has 76 valence electrons. The molecule has 0 unspecified atom stereocenters. The number of rotatable bonds is 2. The normalized spacial score (nSPS) is 15.5. The first-order chi connectivity index (χ1) is 7.36. The van der Waals surface area contributed by atoms with Gasteiger partial charge in [0.15, 0.2) is 0 Å². The highest BCUT2D eigenvalue weighted by Crippen LogP contribution is 2.40. The third-order valence-electron chi connectivity index (χ3n) is 2.82. The maximum atomic E-state index is 4.46. The maximum Gasteiger partial charge on any atom is 0.115 e. The molecule has 0 amide bonds. The summed E-state index contributed by atoms with van der Waals surface area (Å²) in [6, 6.07) is 0. The van der Waals surface area contributed by atoms with E-state index in [9.17, 15) is 0 Å². The maximum absolute atomic E-state index is 4.46. The molecule has 0 saturated heterocycles. The second-order valence-electron chi connectivity index (χ2n) is 3.96. The molecule has 4 nitrogen and oxygen atoms in total. The summed E-state index contributed by atoms with van der Waals surface area (Å²) in [5.74, 6) is 1.86. The van der Waals surface area contributed by atoms with Gasteiger partial charge < -0.3 is 4.57 Å². The molecule has 0 radical (unpaired) electrons. The van der Waals surface area contributed by atoms with Crippen molar-refractivity contribution in [2.45, 2.75) is 18.8 Å². The van der Waals surface area contributed by atoms with E-state index in [4.69, 9.17) is 0 Å². The molecular weight excluding hydrogens is 188 g/mol. The smallest absolute Gasteiger partial charge is 0.115 e. The Hall–Kier alpha value is -1.71. The molecule has 1 fully saturated rings. The van der Waals surface area contributed by atoms with Gasteiger partial charge >= 0.3 is 0 Å². The summed E-state index contributed by atoms with van der Waals surface area (Å²) in [6.07, 6.45) is 9.64. The number of imidazole rings is 1. The van der Waals surface area contributed by atoms with E-state index in [1.165, 1.54) is 18.7 Å². The van der Waals surface area contributed by atoms with Crippen molar-refractivity contribution in [3.63, 3.8) is 0 Å². The van der Waals surface area contributed by atoms with Crippen LogP contribution in [0.5, 0.6) is 0 Å². The van der Waals surface area contributed by atoms with Crippen LogP contribution in [0.1, 0.15) is 24.6 Å². The third kappa shape index (κ3) is 1.42. The molecule has 0 atom stereocenters. The van der Waals surface area contributed by atoms with Crippen molar-refractivity contribution >= 4 is 0 Å². The highest BCUT2D eigenvalue weighted by molar-refractivity contribution is 5.56. The lowest BCUT2D eigenvalue weighted by Gasteiger charge is -2.03. The van der Waals surface area contributed by atoms with E-state index in [-0.39, 0.29) is 0 Å². The standard InChI is InChI=1S/C11H12N4/c1-15-10(9-4-12-7-13-5-9)6-14-11(15)8-2-3-8/h4-8H,2-3H2,1H3. The highest BCUT2D eigenvalue weighted by Gasteiger charge is 2.28. The Morgan fingerprint density at radius 2 is 1.93 bits per heavy atom. The van der Waals surface area contributed by atoms with Crippen molar-refractivity contribution in [1.82, 2.24) is 19.5 Å². The van der Waals surface area contributed by atoms with Gasteiger partial charge in [-0.3, -0.25) is 0 Å². The SMILES string of the molecule is Cn1c(-c2cncnc2)cnc1C1CC1. The van der Waals surface area contributed by atoms with Crippen molar-refractivity contribution in [1.29, 1.82) is 0 Å². The summed E-state index contributed by atoms with van der Waals surface area (Å²) < 4.78 is 2.15. The first-order valence-corrected chi connectivity index (χ1v) is 5.13. The first-order valence-electron chi connectivity index (χ1n) is 5.13. The lowest BCUT2D eigenvalue weighted by atomic mass is 10.2. The molecule has 3 rings (SSSR count). The van der Waals surface area contributed by atoms with Crippen LogP contribution < -0.4 is 0 Å². The Morgan fingerprint density at radius 1 is 1.20 bits per heavy atom. The van der Waals surface area contributed by atoms with Crippen molar-refractivity contribution in [2.24, 2.45) is 7.05 Å². The van der Waals surface area contributed by atoms with Crippen LogP contribution in [0.3, 0.4) is 0 Å². The predicted octanol–water partition coefficient (Wildman–Crippen LogP) is 1.75. The molecule has 4 heteroatoms. The quantitative estimate of drug-likeness (QED) is 0.741. The molecule has 0 N–H and O–H groups in total. The van der Waals surface area contributed by atoms with Gasteiger partial charge in [0, 0.05) is 30.9 Å². The van der Waals surface area contributed by atoms with Crippen LogP contribution in [0, 0.1) is 0 Å². The van der Waals surface area contributed by atoms with Crippen LogP contribution in [0.2, 0.25) is 0 Å². The summed E-state index contributed by atoms with van der Waals surface area (Å²) in [5.41, 5.74) is 2.12. The minimum atomic E-state index is 0.674. The van der Waals surface area contributed by atoms with E-state index in [0.29, 0.717) is 5.92 Å². The Labute approximate surface area is 88.0 Å². The van der Waals surface area contributed by atoms with Gasteiger partial charge in [-0.05, 0) is 12.8 Å². The molecule has 1 aliphatic carbocycles. The molecule has 0 bridgehead atoms. The van der Waals surface area contributed by atoms with Gasteiger partial charge in [0.25, 0.3) is 0 Å². The summed E-state index contributed by atoms with van der Waals surface area (Å²) >= 11 is 0. The summed E-state index contributed by atoms with van der Waals surface area (Å²) in [6.45, 7) is 0. The predicted molar refractivity (Wildman–Crippen MR) is 56.2 cm³/mol. The Balaban J connectivity index is 2.05. The fourth-order valence-corrected chi connectivity index (χ4v) is 1.84. The number of nitrogens with zero attached hydrogens (tertiary/aromatic N) is 4. The van der Waals surface area contributed by atoms with Crippen LogP contribution in [0.4, 0.5) is 0 Å². The lowest BCUT2D eigenvalue weighted by molar-refractivity contribution is 0.804. The van der Waals surface area contributed by atoms with E-state index in [0.717, 1.165) is 11.3 Å². The number of hydrogen-bond donors (Lipinski definition) is 0. The van der Waals surface area contributed by atoms with Gasteiger partial charge in [0.1, 0.15) is 12.2 Å². The van der Waals surface area contributed by atoms with E-state index < -0.39 is 0 Å². The monoisotopic (exact) mass is 200 g/mol. The van der Waals surface area contributed by atoms with Crippen molar-refractivity contribution in [2.75, 3.05) is 0 Å². The molecule has 2 heterocycles. The van der Waals surface area contributed by atoms with Gasteiger partial charge in [-0.2, -0.15) is 0 Å². The molecule has 2 aromatic heterocycles. The van der Waals surface area contributed by atoms with Crippen molar-refractivity contribution in [3.05, 3.63) is 30.7 Å². The van der Waals surface area contributed by atoms with Crippen LogP contribution in [-0.2, 0) is 7.05 Å². The van der Waals surface area contributed by atoms with Gasteiger partial charge in [-0.25, -0.2) is 15.0 Å². The second-order valence-corrected chi connectivity index (χ2v) is 3.96. The van der Waals surface area contributed by atoms with Gasteiger partial charge in [-0.1, -0.05) is 0 Å². The fourth-order valence-electron chi connectivity index (χ4n) is 1.84. The van der Waals surface area contributed by atoms with E-state index >= 15 is 0 Å². The molecule has 1 aliphatic rings. The Kier molecular flexibility index (Phi) is 1.80. The van der Waals surface area contributed by atoms with Crippen molar-refractivity contribution < 1.29 is 0 Å². The van der Waals surface area contributed by atoms with E-state index in [1.807, 2.05) is 18.6 Å². The molecule has 0 spiro atoms. The van der Waals surface area contributed by atoms with Crippen LogP contribution >= 0.6 is 0 Å². The van der Waals surface area contributed by atoms with E-state index in [1.54, 1.807) is 6.33 Å². The number of hydrogen-bond acceptors (Lipinski definition) is 3. The van der Waals surface area contributed by atoms with Crippen molar-refractivity contribution in [3.8, 4) is 11.3 Å². The van der Waals surface area contributed by atoms with E-state index in [2.05, 4.69) is 26.6 Å². The molecule has 0 aliphatic heterocycles. The van der Waals surface area contributed by atoms with Gasteiger partial charge in [0.05, 0.1) is 11.9 Å². The summed E-state index contributed by atoms with van der Waals surface area (Å²) in [7, 11) is 2.06. The van der Waals surface area contributed by atoms with Crippen LogP contribution in [0.15, 0.2) is 24.9 Å². The van der Waals surface area contributed by atoms with Gasteiger partial charge in [0.2, 0.25) is 0 Å². The molecule has 0 aromatic carbocycles.